The number of hydrogen-bond donors (Lipinski definition) is 1. The van der Waals surface area contributed by atoms with Gasteiger partial charge in [0.05, 0.1) is 11.5 Å². The maximum Gasteiger partial charge on any atom is 0.262 e. The van der Waals surface area contributed by atoms with Crippen LogP contribution in [0.25, 0.3) is 11.1 Å². The summed E-state index contributed by atoms with van der Waals surface area (Å²) in [6.45, 7) is 5.98. The summed E-state index contributed by atoms with van der Waals surface area (Å²) in [6.07, 6.45) is 2.41. The predicted molar refractivity (Wildman–Crippen MR) is 101 cm³/mol. The number of nitrogens with one attached hydrogen (secondary N) is 1. The van der Waals surface area contributed by atoms with Crippen molar-refractivity contribution in [1.82, 2.24) is 10.2 Å². The fraction of sp³-hybridized carbons (Fsp3) is 0.450. The van der Waals surface area contributed by atoms with Gasteiger partial charge in [0.1, 0.15) is 5.75 Å². The molecule has 1 aromatic heterocycles. The van der Waals surface area contributed by atoms with E-state index in [1.807, 2.05) is 42.6 Å². The molecule has 0 radical (unpaired) electrons. The topological polar surface area (TPSA) is 41.6 Å². The predicted octanol–water partition coefficient (Wildman–Crippen LogP) is 3.64. The summed E-state index contributed by atoms with van der Waals surface area (Å²) in [5, 5.41) is 5.30. The highest BCUT2D eigenvalue weighted by Gasteiger charge is 2.35. The summed E-state index contributed by atoms with van der Waals surface area (Å²) >= 11 is 1.51. The quantitative estimate of drug-likeness (QED) is 0.889. The lowest BCUT2D eigenvalue weighted by Crippen LogP contribution is -2.57. The van der Waals surface area contributed by atoms with E-state index in [1.165, 1.54) is 37.3 Å². The summed E-state index contributed by atoms with van der Waals surface area (Å²) < 4.78 is 5.60. The maximum absolute atomic E-state index is 12.9. The molecule has 4 nitrogen and oxygen atoms in total. The van der Waals surface area contributed by atoms with Crippen LogP contribution in [0.2, 0.25) is 0 Å². The highest BCUT2D eigenvalue weighted by Crippen LogP contribution is 2.32. The molecule has 3 saturated heterocycles. The second-order valence-electron chi connectivity index (χ2n) is 6.84. The SMILES string of the molecule is CCOc1cccc(-c2ccsc2C(=O)NC2CN3CCC2CC3)c1. The molecule has 5 rings (SSSR count). The van der Waals surface area contributed by atoms with Crippen LogP contribution in [0.5, 0.6) is 5.75 Å². The number of hydrogen-bond acceptors (Lipinski definition) is 4. The van der Waals surface area contributed by atoms with Crippen molar-refractivity contribution >= 4 is 17.2 Å². The third-order valence-corrected chi connectivity index (χ3v) is 6.21. The van der Waals surface area contributed by atoms with Crippen molar-refractivity contribution in [2.24, 2.45) is 5.92 Å². The first-order valence-corrected chi connectivity index (χ1v) is 9.96. The zero-order valence-corrected chi connectivity index (χ0v) is 15.3. The Bertz CT molecular complexity index is 750. The van der Waals surface area contributed by atoms with Crippen molar-refractivity contribution in [2.45, 2.75) is 25.8 Å². The van der Waals surface area contributed by atoms with Crippen LogP contribution in [0.1, 0.15) is 29.4 Å². The Kier molecular flexibility index (Phi) is 4.77. The zero-order chi connectivity index (χ0) is 17.2. The normalized spacial score (nSPS) is 24.9. The van der Waals surface area contributed by atoms with Gasteiger partial charge in [-0.3, -0.25) is 4.79 Å². The monoisotopic (exact) mass is 356 g/mol. The minimum atomic E-state index is 0.0607. The molecule has 3 aliphatic heterocycles. The molecule has 3 fully saturated rings. The molecule has 2 bridgehead atoms. The molecular weight excluding hydrogens is 332 g/mol. The van der Waals surface area contributed by atoms with Gasteiger partial charge >= 0.3 is 0 Å². The summed E-state index contributed by atoms with van der Waals surface area (Å²) in [4.78, 5) is 16.2. The van der Waals surface area contributed by atoms with E-state index in [1.54, 1.807) is 0 Å². The average Bonchev–Trinajstić information content (AvgIpc) is 3.13. The smallest absolute Gasteiger partial charge is 0.262 e. The van der Waals surface area contributed by atoms with Gasteiger partial charge in [0.15, 0.2) is 0 Å². The summed E-state index contributed by atoms with van der Waals surface area (Å²) in [6, 6.07) is 10.3. The summed E-state index contributed by atoms with van der Waals surface area (Å²) in [5.41, 5.74) is 2.02. The van der Waals surface area contributed by atoms with Crippen LogP contribution in [0, 0.1) is 5.92 Å². The number of piperidine rings is 3. The molecule has 132 valence electrons. The zero-order valence-electron chi connectivity index (χ0n) is 14.5. The van der Waals surface area contributed by atoms with Crippen LogP contribution < -0.4 is 10.1 Å². The molecule has 5 heteroatoms. The van der Waals surface area contributed by atoms with E-state index in [0.717, 1.165) is 28.3 Å². The van der Waals surface area contributed by atoms with Crippen LogP contribution in [0.3, 0.4) is 0 Å². The van der Waals surface area contributed by atoms with Gasteiger partial charge in [0.2, 0.25) is 0 Å². The first kappa shape index (κ1) is 16.6. The molecule has 1 atom stereocenters. The maximum atomic E-state index is 12.9. The molecule has 0 saturated carbocycles. The fourth-order valence-electron chi connectivity index (χ4n) is 4.00. The third kappa shape index (κ3) is 3.44. The summed E-state index contributed by atoms with van der Waals surface area (Å²) in [5.74, 6) is 1.54. The lowest BCUT2D eigenvalue weighted by molar-refractivity contribution is 0.0623. The van der Waals surface area contributed by atoms with E-state index in [4.69, 9.17) is 4.74 Å². The highest BCUT2D eigenvalue weighted by atomic mass is 32.1. The molecule has 25 heavy (non-hydrogen) atoms. The minimum Gasteiger partial charge on any atom is -0.494 e. The number of rotatable bonds is 5. The lowest BCUT2D eigenvalue weighted by atomic mass is 9.84. The second kappa shape index (κ2) is 7.18. The highest BCUT2D eigenvalue weighted by molar-refractivity contribution is 7.12. The van der Waals surface area contributed by atoms with Gasteiger partial charge in [0.25, 0.3) is 5.91 Å². The molecule has 1 aromatic carbocycles. The van der Waals surface area contributed by atoms with Crippen molar-refractivity contribution in [3.8, 4) is 16.9 Å². The van der Waals surface area contributed by atoms with Gasteiger partial charge in [-0.05, 0) is 67.9 Å². The minimum absolute atomic E-state index is 0.0607. The summed E-state index contributed by atoms with van der Waals surface area (Å²) in [7, 11) is 0. The molecule has 1 N–H and O–H groups in total. The Labute approximate surface area is 152 Å². The molecule has 1 amide bonds. The van der Waals surface area contributed by atoms with E-state index >= 15 is 0 Å². The van der Waals surface area contributed by atoms with Crippen LogP contribution in [0.4, 0.5) is 0 Å². The average molecular weight is 356 g/mol. The Morgan fingerprint density at radius 3 is 2.88 bits per heavy atom. The van der Waals surface area contributed by atoms with Crippen molar-refractivity contribution in [2.75, 3.05) is 26.2 Å². The molecule has 3 aliphatic rings. The first-order valence-electron chi connectivity index (χ1n) is 9.08. The van der Waals surface area contributed by atoms with E-state index in [-0.39, 0.29) is 5.91 Å². The standard InChI is InChI=1S/C20H24N2O2S/c1-2-24-16-5-3-4-15(12-16)17-8-11-25-19(17)20(23)21-18-13-22-9-6-14(18)7-10-22/h3-5,8,11-12,14,18H,2,6-7,9-10,13H2,1H3,(H,21,23). The number of fused-ring (bicyclic) bond motifs is 3. The van der Waals surface area contributed by atoms with Crippen LogP contribution in [-0.2, 0) is 0 Å². The third-order valence-electron chi connectivity index (χ3n) is 5.30. The van der Waals surface area contributed by atoms with Gasteiger partial charge in [0, 0.05) is 18.2 Å². The number of amides is 1. The van der Waals surface area contributed by atoms with Crippen molar-refractivity contribution in [1.29, 1.82) is 0 Å². The molecule has 2 aromatic rings. The van der Waals surface area contributed by atoms with Gasteiger partial charge in [-0.2, -0.15) is 0 Å². The van der Waals surface area contributed by atoms with Crippen LogP contribution in [-0.4, -0.2) is 43.1 Å². The number of thiophene rings is 1. The van der Waals surface area contributed by atoms with Gasteiger partial charge < -0.3 is 15.0 Å². The Morgan fingerprint density at radius 1 is 1.32 bits per heavy atom. The van der Waals surface area contributed by atoms with E-state index in [9.17, 15) is 4.79 Å². The molecular formula is C20H24N2O2S. The van der Waals surface area contributed by atoms with Crippen molar-refractivity contribution in [3.63, 3.8) is 0 Å². The number of nitrogens with zero attached hydrogens (tertiary/aromatic N) is 1. The van der Waals surface area contributed by atoms with Gasteiger partial charge in [-0.25, -0.2) is 0 Å². The van der Waals surface area contributed by atoms with Crippen LogP contribution in [0.15, 0.2) is 35.7 Å². The number of carbonyl (C=O) groups is 1. The largest absolute Gasteiger partial charge is 0.494 e. The number of benzene rings is 1. The van der Waals surface area contributed by atoms with Crippen molar-refractivity contribution in [3.05, 3.63) is 40.6 Å². The van der Waals surface area contributed by atoms with E-state index in [2.05, 4.69) is 10.2 Å². The van der Waals surface area contributed by atoms with Crippen LogP contribution >= 0.6 is 11.3 Å². The second-order valence-corrected chi connectivity index (χ2v) is 7.76. The van der Waals surface area contributed by atoms with E-state index in [0.29, 0.717) is 18.6 Å². The fourth-order valence-corrected chi connectivity index (χ4v) is 4.81. The molecule has 0 aliphatic carbocycles. The lowest BCUT2D eigenvalue weighted by Gasteiger charge is -2.44. The first-order chi connectivity index (χ1) is 12.2. The molecule has 1 unspecified atom stereocenters. The van der Waals surface area contributed by atoms with E-state index < -0.39 is 0 Å². The van der Waals surface area contributed by atoms with Gasteiger partial charge in [-0.15, -0.1) is 11.3 Å². The Hall–Kier alpha value is -1.85. The molecule has 0 spiro atoms. The molecule has 4 heterocycles. The Morgan fingerprint density at radius 2 is 2.16 bits per heavy atom. The Balaban J connectivity index is 1.53. The number of carbonyl (C=O) groups excluding carboxylic acids is 1. The van der Waals surface area contributed by atoms with Gasteiger partial charge in [-0.1, -0.05) is 12.1 Å². The van der Waals surface area contributed by atoms with Crippen molar-refractivity contribution < 1.29 is 9.53 Å². The number of ether oxygens (including phenoxy) is 1.